The Kier molecular flexibility index (Phi) is 2.93. The fourth-order valence-corrected chi connectivity index (χ4v) is 5.49. The Labute approximate surface area is 161 Å². The molecule has 0 aromatic heterocycles. The highest BCUT2D eigenvalue weighted by Crippen LogP contribution is 2.67. The van der Waals surface area contributed by atoms with Gasteiger partial charge in [0.15, 0.2) is 5.41 Å². The molecule has 2 aromatic rings. The number of nitrogens with one attached hydrogen (secondary N) is 2. The van der Waals surface area contributed by atoms with Crippen LogP contribution in [0.5, 0.6) is 0 Å². The molecule has 0 saturated carbocycles. The number of rotatable bonds is 0. The van der Waals surface area contributed by atoms with E-state index in [1.54, 1.807) is 60.5 Å². The number of hydrogen-bond acceptors (Lipinski definition) is 5. The van der Waals surface area contributed by atoms with Gasteiger partial charge < -0.3 is 10.6 Å². The first-order valence-corrected chi connectivity index (χ1v) is 8.85. The summed E-state index contributed by atoms with van der Waals surface area (Å²) in [5.41, 5.74) is -2.75. The van der Waals surface area contributed by atoms with Crippen molar-refractivity contribution in [3.05, 3.63) is 59.7 Å². The van der Waals surface area contributed by atoms with Crippen LogP contribution in [0.2, 0.25) is 0 Å². The molecule has 0 radical (unpaired) electrons. The van der Waals surface area contributed by atoms with Crippen molar-refractivity contribution < 1.29 is 9.59 Å². The zero-order valence-electron chi connectivity index (χ0n) is 15.0. The van der Waals surface area contributed by atoms with Crippen molar-refractivity contribution in [3.63, 3.8) is 0 Å². The van der Waals surface area contributed by atoms with Crippen LogP contribution < -0.4 is 10.6 Å². The molecule has 0 bridgehead atoms. The van der Waals surface area contributed by atoms with Crippen LogP contribution >= 0.6 is 0 Å². The lowest BCUT2D eigenvalue weighted by Gasteiger charge is -2.43. The highest BCUT2D eigenvalue weighted by Gasteiger charge is 2.82. The first kappa shape index (κ1) is 16.5. The Bertz CT molecular complexity index is 1150. The van der Waals surface area contributed by atoms with Crippen LogP contribution in [0.4, 0.5) is 11.4 Å². The second-order valence-corrected chi connectivity index (χ2v) is 7.44. The van der Waals surface area contributed by atoms with Crippen LogP contribution in [0.25, 0.3) is 0 Å². The number of carbonyl (C=O) groups is 2. The molecule has 3 aliphatic rings. The average Bonchev–Trinajstić information content (AvgIpc) is 3.26. The van der Waals surface area contributed by atoms with Gasteiger partial charge >= 0.3 is 0 Å². The number of hydrogen-bond donors (Lipinski definition) is 2. The second-order valence-electron chi connectivity index (χ2n) is 7.44. The molecule has 3 aliphatic heterocycles. The number of para-hydroxylation sites is 2. The van der Waals surface area contributed by atoms with Crippen molar-refractivity contribution in [1.82, 2.24) is 4.90 Å². The molecule has 7 heteroatoms. The van der Waals surface area contributed by atoms with Crippen molar-refractivity contribution >= 4 is 23.2 Å². The Balaban J connectivity index is 2.00. The first-order valence-electron chi connectivity index (χ1n) is 8.85. The highest BCUT2D eigenvalue weighted by atomic mass is 16.2. The largest absolute Gasteiger partial charge is 0.325 e. The van der Waals surface area contributed by atoms with E-state index in [2.05, 4.69) is 22.8 Å². The fourth-order valence-electron chi connectivity index (χ4n) is 5.49. The zero-order valence-corrected chi connectivity index (χ0v) is 15.0. The third-order valence-corrected chi connectivity index (χ3v) is 6.43. The molecule has 0 aliphatic carbocycles. The van der Waals surface area contributed by atoms with Gasteiger partial charge in [0, 0.05) is 23.5 Å². The van der Waals surface area contributed by atoms with E-state index in [1.165, 1.54) is 0 Å². The normalized spacial score (nSPS) is 29.1. The van der Waals surface area contributed by atoms with Crippen molar-refractivity contribution in [2.24, 2.45) is 5.41 Å². The number of likely N-dealkylation sites (N-methyl/N-ethyl adjacent to an activating group) is 1. The van der Waals surface area contributed by atoms with Crippen LogP contribution in [0.15, 0.2) is 48.5 Å². The first-order chi connectivity index (χ1) is 13.5. The minimum absolute atomic E-state index is 0.0382. The number of anilines is 2. The van der Waals surface area contributed by atoms with Crippen LogP contribution in [0, 0.1) is 28.1 Å². The molecule has 0 unspecified atom stereocenters. The van der Waals surface area contributed by atoms with Gasteiger partial charge in [-0.15, -0.1) is 0 Å². The number of likely N-dealkylation sites (tertiary alicyclic amines) is 1. The van der Waals surface area contributed by atoms with Crippen molar-refractivity contribution in [1.29, 1.82) is 10.5 Å². The van der Waals surface area contributed by atoms with Crippen LogP contribution in [-0.4, -0.2) is 30.3 Å². The lowest BCUT2D eigenvalue weighted by Crippen LogP contribution is -2.63. The van der Waals surface area contributed by atoms with Gasteiger partial charge in [-0.3, -0.25) is 14.5 Å². The molecular formula is C21H15N5O2. The van der Waals surface area contributed by atoms with E-state index >= 15 is 0 Å². The Morgan fingerprint density at radius 3 is 2.07 bits per heavy atom. The van der Waals surface area contributed by atoms with Gasteiger partial charge in [0.25, 0.3) is 5.91 Å². The van der Waals surface area contributed by atoms with Gasteiger partial charge in [0.05, 0.1) is 12.1 Å². The molecule has 2 N–H and O–H groups in total. The highest BCUT2D eigenvalue weighted by molar-refractivity contribution is 6.18. The Morgan fingerprint density at radius 1 is 0.893 bits per heavy atom. The summed E-state index contributed by atoms with van der Waals surface area (Å²) < 4.78 is 0. The van der Waals surface area contributed by atoms with Crippen LogP contribution in [-0.2, 0) is 20.5 Å². The lowest BCUT2D eigenvalue weighted by molar-refractivity contribution is -0.137. The molecule has 7 nitrogen and oxygen atoms in total. The quantitative estimate of drug-likeness (QED) is 0.735. The number of carbonyl (C=O) groups excluding carboxylic acids is 2. The molecule has 2 atom stereocenters. The Morgan fingerprint density at radius 2 is 1.43 bits per heavy atom. The summed E-state index contributed by atoms with van der Waals surface area (Å²) in [4.78, 5) is 28.9. The van der Waals surface area contributed by atoms with Gasteiger partial charge in [-0.2, -0.15) is 10.5 Å². The molecule has 3 heterocycles. The van der Waals surface area contributed by atoms with Crippen LogP contribution in [0.3, 0.4) is 0 Å². The molecule has 5 rings (SSSR count). The SMILES string of the molecule is CN1CC(C#N)(C#N)[C@@]2(C(=O)Nc3ccccc32)[C@]12C(=O)Nc1ccccc12. The van der Waals surface area contributed by atoms with Gasteiger partial charge in [-0.05, 0) is 24.7 Å². The predicted molar refractivity (Wildman–Crippen MR) is 99.8 cm³/mol. The lowest BCUT2D eigenvalue weighted by atomic mass is 9.54. The van der Waals surface area contributed by atoms with Crippen molar-refractivity contribution in [3.8, 4) is 12.1 Å². The zero-order chi connectivity index (χ0) is 19.7. The van der Waals surface area contributed by atoms with Crippen molar-refractivity contribution in [2.45, 2.75) is 11.0 Å². The minimum atomic E-state index is -1.74. The van der Waals surface area contributed by atoms with Gasteiger partial charge in [-0.25, -0.2) is 0 Å². The average molecular weight is 369 g/mol. The fraction of sp³-hybridized carbons (Fsp3) is 0.238. The number of benzene rings is 2. The minimum Gasteiger partial charge on any atom is -0.325 e. The molecule has 1 fully saturated rings. The second kappa shape index (κ2) is 4.98. The summed E-state index contributed by atoms with van der Waals surface area (Å²) in [5, 5.41) is 26.0. The number of nitrogens with zero attached hydrogens (tertiary/aromatic N) is 3. The van der Waals surface area contributed by atoms with E-state index < -0.39 is 28.2 Å². The molecule has 2 spiro atoms. The molecule has 2 amide bonds. The van der Waals surface area contributed by atoms with Crippen LogP contribution in [0.1, 0.15) is 11.1 Å². The van der Waals surface area contributed by atoms with E-state index in [1.807, 2.05) is 0 Å². The van der Waals surface area contributed by atoms with Crippen molar-refractivity contribution in [2.75, 3.05) is 24.2 Å². The van der Waals surface area contributed by atoms with E-state index in [9.17, 15) is 20.1 Å². The summed E-state index contributed by atoms with van der Waals surface area (Å²) in [7, 11) is 1.69. The topological polar surface area (TPSA) is 109 Å². The monoisotopic (exact) mass is 369 g/mol. The van der Waals surface area contributed by atoms with E-state index in [0.717, 1.165) is 0 Å². The summed E-state index contributed by atoms with van der Waals surface area (Å²) in [6, 6.07) is 18.4. The third kappa shape index (κ3) is 1.39. The number of amides is 2. The van der Waals surface area contributed by atoms with Gasteiger partial charge in [0.1, 0.15) is 11.0 Å². The van der Waals surface area contributed by atoms with Gasteiger partial charge in [0.2, 0.25) is 5.91 Å². The molecule has 1 saturated heterocycles. The predicted octanol–water partition coefficient (Wildman–Crippen LogP) is 1.70. The smallest absolute Gasteiger partial charge is 0.251 e. The maximum atomic E-state index is 13.6. The summed E-state index contributed by atoms with van der Waals surface area (Å²) >= 11 is 0. The maximum absolute atomic E-state index is 13.6. The molecular weight excluding hydrogens is 354 g/mol. The molecule has 2 aromatic carbocycles. The Hall–Kier alpha value is -3.68. The van der Waals surface area contributed by atoms with E-state index in [-0.39, 0.29) is 6.54 Å². The van der Waals surface area contributed by atoms with Gasteiger partial charge in [-0.1, -0.05) is 36.4 Å². The number of fused-ring (bicyclic) bond motifs is 5. The summed E-state index contributed by atoms with van der Waals surface area (Å²) in [5.74, 6) is -0.913. The summed E-state index contributed by atoms with van der Waals surface area (Å²) in [6.07, 6.45) is 0. The summed E-state index contributed by atoms with van der Waals surface area (Å²) in [6.45, 7) is -0.0382. The maximum Gasteiger partial charge on any atom is 0.251 e. The number of nitriles is 2. The molecule has 136 valence electrons. The van der Waals surface area contributed by atoms with E-state index in [4.69, 9.17) is 0 Å². The standard InChI is InChI=1S/C21H15N5O2/c1-26-12-19(10-22,11-23)20(13-6-2-4-8-15(13)24-17(20)27)21(26)14-7-3-5-9-16(14)25-18(21)28/h2-9H,12H2,1H3,(H,24,27)(H,25,28)/t20-,21+/m1/s1. The molecule has 28 heavy (non-hydrogen) atoms. The van der Waals surface area contributed by atoms with E-state index in [0.29, 0.717) is 22.5 Å². The third-order valence-electron chi connectivity index (χ3n) is 6.43.